The van der Waals surface area contributed by atoms with E-state index in [9.17, 15) is 4.79 Å². The third-order valence-electron chi connectivity index (χ3n) is 5.06. The van der Waals surface area contributed by atoms with E-state index in [1.54, 1.807) is 0 Å². The van der Waals surface area contributed by atoms with Crippen LogP contribution in [0.3, 0.4) is 0 Å². The van der Waals surface area contributed by atoms with E-state index in [2.05, 4.69) is 34.5 Å². The quantitative estimate of drug-likeness (QED) is 0.493. The van der Waals surface area contributed by atoms with E-state index in [0.29, 0.717) is 19.8 Å². The van der Waals surface area contributed by atoms with Crippen molar-refractivity contribution in [3.05, 3.63) is 108 Å². The first kappa shape index (κ1) is 22.5. The first-order valence-electron chi connectivity index (χ1n) is 10.5. The van der Waals surface area contributed by atoms with Crippen molar-refractivity contribution in [2.75, 3.05) is 20.3 Å². The number of nitrogens with one attached hydrogen (secondary N) is 1. The second-order valence-electron chi connectivity index (χ2n) is 7.40. The number of carbonyl (C=O) groups is 1. The lowest BCUT2D eigenvalue weighted by atomic mass is 10.1. The number of carbonyl (C=O) groups excluding carboxylic acids is 1. The van der Waals surface area contributed by atoms with Crippen LogP contribution in [0.1, 0.15) is 16.7 Å². The summed E-state index contributed by atoms with van der Waals surface area (Å²) in [6.07, 6.45) is -0.438. The SMILES string of the molecule is COC(=O)NC[C@H](COCc1ccccc1)N(Cc1ccccc1)Cc1ccccc1. The number of methoxy groups -OCH3 is 1. The number of ether oxygens (including phenoxy) is 2. The van der Waals surface area contributed by atoms with Crippen LogP contribution in [0.2, 0.25) is 0 Å². The molecule has 0 bridgehead atoms. The molecule has 5 heteroatoms. The van der Waals surface area contributed by atoms with Gasteiger partial charge in [-0.15, -0.1) is 0 Å². The second-order valence-corrected chi connectivity index (χ2v) is 7.40. The average molecular weight is 419 g/mol. The van der Waals surface area contributed by atoms with Gasteiger partial charge in [-0.2, -0.15) is 0 Å². The summed E-state index contributed by atoms with van der Waals surface area (Å²) in [5.41, 5.74) is 3.55. The van der Waals surface area contributed by atoms with Crippen LogP contribution in [-0.2, 0) is 29.2 Å². The normalized spacial score (nSPS) is 11.8. The van der Waals surface area contributed by atoms with Crippen LogP contribution in [0.15, 0.2) is 91.0 Å². The molecule has 1 atom stereocenters. The van der Waals surface area contributed by atoms with Gasteiger partial charge in [-0.05, 0) is 16.7 Å². The van der Waals surface area contributed by atoms with E-state index in [1.807, 2.05) is 66.7 Å². The summed E-state index contributed by atoms with van der Waals surface area (Å²) in [5.74, 6) is 0. The Morgan fingerprint density at radius 2 is 1.29 bits per heavy atom. The summed E-state index contributed by atoms with van der Waals surface area (Å²) in [6, 6.07) is 30.8. The van der Waals surface area contributed by atoms with Gasteiger partial charge in [0, 0.05) is 19.6 Å². The largest absolute Gasteiger partial charge is 0.453 e. The van der Waals surface area contributed by atoms with E-state index < -0.39 is 6.09 Å². The fraction of sp³-hybridized carbons (Fsp3) is 0.269. The molecule has 0 aliphatic rings. The van der Waals surface area contributed by atoms with E-state index in [-0.39, 0.29) is 6.04 Å². The number of rotatable bonds is 11. The Bertz CT molecular complexity index is 847. The van der Waals surface area contributed by atoms with Gasteiger partial charge in [-0.25, -0.2) is 4.79 Å². The molecule has 31 heavy (non-hydrogen) atoms. The molecule has 0 radical (unpaired) electrons. The minimum Gasteiger partial charge on any atom is -0.453 e. The standard InChI is InChI=1S/C26H30N2O3/c1-30-26(29)27-17-25(21-31-20-24-15-9-4-10-16-24)28(18-22-11-5-2-6-12-22)19-23-13-7-3-8-14-23/h2-16,25H,17-21H2,1H3,(H,27,29)/t25-/m1/s1. The van der Waals surface area contributed by atoms with Crippen LogP contribution < -0.4 is 5.32 Å². The third-order valence-corrected chi connectivity index (χ3v) is 5.06. The zero-order chi connectivity index (χ0) is 21.7. The summed E-state index contributed by atoms with van der Waals surface area (Å²) in [7, 11) is 1.38. The van der Waals surface area contributed by atoms with E-state index in [0.717, 1.165) is 18.7 Å². The molecular formula is C26H30N2O3. The van der Waals surface area contributed by atoms with Gasteiger partial charge in [0.15, 0.2) is 0 Å². The Morgan fingerprint density at radius 1 is 0.806 bits per heavy atom. The molecule has 0 heterocycles. The molecule has 0 aromatic heterocycles. The van der Waals surface area contributed by atoms with Crippen molar-refractivity contribution in [3.63, 3.8) is 0 Å². The number of benzene rings is 3. The van der Waals surface area contributed by atoms with Gasteiger partial charge in [0.2, 0.25) is 0 Å². The lowest BCUT2D eigenvalue weighted by molar-refractivity contribution is 0.0425. The average Bonchev–Trinajstić information content (AvgIpc) is 2.82. The maximum atomic E-state index is 11.8. The molecule has 0 aliphatic carbocycles. The molecule has 3 aromatic rings. The summed E-state index contributed by atoms with van der Waals surface area (Å²) >= 11 is 0. The Hall–Kier alpha value is -3.15. The molecule has 5 nitrogen and oxygen atoms in total. The maximum absolute atomic E-state index is 11.8. The summed E-state index contributed by atoms with van der Waals surface area (Å²) < 4.78 is 10.9. The number of hydrogen-bond acceptors (Lipinski definition) is 4. The van der Waals surface area contributed by atoms with Crippen molar-refractivity contribution in [2.24, 2.45) is 0 Å². The molecule has 0 spiro atoms. The van der Waals surface area contributed by atoms with Gasteiger partial charge < -0.3 is 14.8 Å². The van der Waals surface area contributed by atoms with E-state index >= 15 is 0 Å². The molecule has 0 saturated heterocycles. The molecule has 0 fully saturated rings. The van der Waals surface area contributed by atoms with Crippen LogP contribution in [0.25, 0.3) is 0 Å². The molecule has 0 aliphatic heterocycles. The monoisotopic (exact) mass is 418 g/mol. The Morgan fingerprint density at radius 3 is 1.77 bits per heavy atom. The Kier molecular flexibility index (Phi) is 9.10. The topological polar surface area (TPSA) is 50.8 Å². The molecule has 0 saturated carbocycles. The third kappa shape index (κ3) is 7.89. The lowest BCUT2D eigenvalue weighted by Gasteiger charge is -2.32. The van der Waals surface area contributed by atoms with Crippen molar-refractivity contribution in [3.8, 4) is 0 Å². The van der Waals surface area contributed by atoms with Gasteiger partial charge in [0.05, 0.1) is 26.4 Å². The van der Waals surface area contributed by atoms with Crippen LogP contribution >= 0.6 is 0 Å². The highest BCUT2D eigenvalue weighted by atomic mass is 16.5. The number of amides is 1. The molecule has 0 unspecified atom stereocenters. The van der Waals surface area contributed by atoms with Crippen LogP contribution in [0, 0.1) is 0 Å². The van der Waals surface area contributed by atoms with Gasteiger partial charge >= 0.3 is 6.09 Å². The van der Waals surface area contributed by atoms with Crippen molar-refractivity contribution in [1.82, 2.24) is 10.2 Å². The number of hydrogen-bond donors (Lipinski definition) is 1. The molecule has 3 rings (SSSR count). The van der Waals surface area contributed by atoms with Crippen molar-refractivity contribution in [2.45, 2.75) is 25.7 Å². The number of nitrogens with zero attached hydrogens (tertiary/aromatic N) is 1. The van der Waals surface area contributed by atoms with Gasteiger partial charge in [0.25, 0.3) is 0 Å². The smallest absolute Gasteiger partial charge is 0.406 e. The highest BCUT2D eigenvalue weighted by molar-refractivity contribution is 5.66. The fourth-order valence-corrected chi connectivity index (χ4v) is 3.40. The maximum Gasteiger partial charge on any atom is 0.406 e. The first-order chi connectivity index (χ1) is 15.2. The summed E-state index contributed by atoms with van der Waals surface area (Å²) in [5, 5.41) is 2.85. The zero-order valence-corrected chi connectivity index (χ0v) is 17.9. The first-order valence-corrected chi connectivity index (χ1v) is 10.5. The van der Waals surface area contributed by atoms with Crippen molar-refractivity contribution < 1.29 is 14.3 Å². The molecule has 162 valence electrons. The van der Waals surface area contributed by atoms with Crippen LogP contribution in [0.4, 0.5) is 4.79 Å². The molecule has 1 N–H and O–H groups in total. The fourth-order valence-electron chi connectivity index (χ4n) is 3.40. The minimum absolute atomic E-state index is 0.0248. The van der Waals surface area contributed by atoms with Gasteiger partial charge in [-0.1, -0.05) is 91.0 Å². The van der Waals surface area contributed by atoms with Gasteiger partial charge in [0.1, 0.15) is 0 Å². The predicted octanol–water partition coefficient (Wildman–Crippen LogP) is 4.63. The second kappa shape index (κ2) is 12.5. The minimum atomic E-state index is -0.438. The van der Waals surface area contributed by atoms with Crippen LogP contribution in [-0.4, -0.2) is 37.3 Å². The summed E-state index contributed by atoms with van der Waals surface area (Å²) in [4.78, 5) is 14.1. The highest BCUT2D eigenvalue weighted by Crippen LogP contribution is 2.15. The van der Waals surface area contributed by atoms with Gasteiger partial charge in [-0.3, -0.25) is 4.90 Å². The van der Waals surface area contributed by atoms with Crippen LogP contribution in [0.5, 0.6) is 0 Å². The lowest BCUT2D eigenvalue weighted by Crippen LogP contribution is -2.46. The number of alkyl carbamates (subject to hydrolysis) is 1. The highest BCUT2D eigenvalue weighted by Gasteiger charge is 2.21. The van der Waals surface area contributed by atoms with E-state index in [1.165, 1.54) is 18.2 Å². The Labute approximate surface area is 184 Å². The molecule has 3 aromatic carbocycles. The van der Waals surface area contributed by atoms with E-state index in [4.69, 9.17) is 9.47 Å². The summed E-state index contributed by atoms with van der Waals surface area (Å²) in [6.45, 7) is 2.94. The zero-order valence-electron chi connectivity index (χ0n) is 17.9. The van der Waals surface area contributed by atoms with Crippen molar-refractivity contribution in [1.29, 1.82) is 0 Å². The molecular weight excluding hydrogens is 388 g/mol. The van der Waals surface area contributed by atoms with Crippen molar-refractivity contribution >= 4 is 6.09 Å². The molecule has 1 amide bonds. The Balaban J connectivity index is 1.74. The predicted molar refractivity (Wildman–Crippen MR) is 122 cm³/mol.